The van der Waals surface area contributed by atoms with Crippen LogP contribution in [-0.4, -0.2) is 71.6 Å². The first kappa shape index (κ1) is 31.1. The van der Waals surface area contributed by atoms with Gasteiger partial charge in [-0.1, -0.05) is 44.2 Å². The third-order valence-corrected chi connectivity index (χ3v) is 7.39. The van der Waals surface area contributed by atoms with Gasteiger partial charge in [-0.05, 0) is 56.7 Å². The predicted octanol–water partition coefficient (Wildman–Crippen LogP) is 2.80. The van der Waals surface area contributed by atoms with Gasteiger partial charge in [-0.25, -0.2) is 10.4 Å². The lowest BCUT2D eigenvalue weighted by Gasteiger charge is -2.35. The number of cyclic esters (lactones) is 1. The number of pyridine rings is 1. The molecule has 1 saturated heterocycles. The summed E-state index contributed by atoms with van der Waals surface area (Å²) in [6, 6.07) is 7.36. The summed E-state index contributed by atoms with van der Waals surface area (Å²) in [7, 11) is 0. The number of hydrazine groups is 1. The molecule has 2 aliphatic heterocycles. The maximum atomic E-state index is 13.2. The molecule has 2 aromatic rings. The van der Waals surface area contributed by atoms with E-state index in [1.165, 1.54) is 5.01 Å². The van der Waals surface area contributed by atoms with Gasteiger partial charge in [0, 0.05) is 18.4 Å². The topological polar surface area (TPSA) is 139 Å². The molecule has 4 atom stereocenters. The van der Waals surface area contributed by atoms with Gasteiger partial charge < -0.3 is 20.1 Å². The van der Waals surface area contributed by atoms with Crippen molar-refractivity contribution < 1.29 is 28.7 Å². The first-order valence-corrected chi connectivity index (χ1v) is 14.6. The number of fused-ring (bicyclic) bond motifs is 4. The number of hydrogen-bond acceptors (Lipinski definition) is 8. The number of amides is 3. The summed E-state index contributed by atoms with van der Waals surface area (Å²) in [5.41, 5.74) is 5.36. The highest BCUT2D eigenvalue weighted by Crippen LogP contribution is 2.22. The highest BCUT2D eigenvalue weighted by molar-refractivity contribution is 5.92. The molecule has 1 aromatic carbocycles. The van der Waals surface area contributed by atoms with Gasteiger partial charge >= 0.3 is 5.97 Å². The van der Waals surface area contributed by atoms with E-state index in [1.807, 2.05) is 56.3 Å². The second kappa shape index (κ2) is 14.4. The summed E-state index contributed by atoms with van der Waals surface area (Å²) >= 11 is 0. The number of nitrogens with one attached hydrogen (secondary N) is 3. The van der Waals surface area contributed by atoms with Crippen LogP contribution in [0.15, 0.2) is 36.4 Å². The maximum absolute atomic E-state index is 13.2. The van der Waals surface area contributed by atoms with Crippen LogP contribution in [0, 0.1) is 5.92 Å². The molecule has 3 amide bonds. The highest BCUT2D eigenvalue weighted by atomic mass is 16.5. The van der Waals surface area contributed by atoms with Crippen LogP contribution >= 0.6 is 0 Å². The summed E-state index contributed by atoms with van der Waals surface area (Å²) < 4.78 is 11.4. The van der Waals surface area contributed by atoms with E-state index in [0.29, 0.717) is 38.1 Å². The SMILES string of the molecule is CC1NC(=O)C(C(C)C)NC(=O)CCOCCC=Cc2ccc3ccc(nc3c2)C(C)OC(=O)C2CCCN(N2)C1=O. The van der Waals surface area contributed by atoms with Gasteiger partial charge in [0.25, 0.3) is 5.91 Å². The maximum Gasteiger partial charge on any atom is 0.325 e. The van der Waals surface area contributed by atoms with Crippen molar-refractivity contribution in [2.45, 2.75) is 77.6 Å². The summed E-state index contributed by atoms with van der Waals surface area (Å²) in [6.45, 7) is 8.05. The number of ether oxygens (including phenoxy) is 2. The largest absolute Gasteiger partial charge is 0.455 e. The molecule has 0 aliphatic carbocycles. The number of benzene rings is 1. The zero-order chi connectivity index (χ0) is 30.2. The fraction of sp³-hybridized carbons (Fsp3) is 0.516. The Labute approximate surface area is 246 Å². The van der Waals surface area contributed by atoms with E-state index >= 15 is 0 Å². The Hall–Kier alpha value is -3.83. The Bertz CT molecular complexity index is 1330. The van der Waals surface area contributed by atoms with Gasteiger partial charge in [0.15, 0.2) is 0 Å². The summed E-state index contributed by atoms with van der Waals surface area (Å²) in [5.74, 6) is -1.83. The molecule has 5 bridgehead atoms. The Morgan fingerprint density at radius 1 is 1.02 bits per heavy atom. The van der Waals surface area contributed by atoms with Crippen molar-refractivity contribution in [1.29, 1.82) is 0 Å². The number of hydrogen-bond donors (Lipinski definition) is 3. The van der Waals surface area contributed by atoms with Gasteiger partial charge in [-0.3, -0.25) is 24.2 Å². The first-order valence-electron chi connectivity index (χ1n) is 14.6. The minimum Gasteiger partial charge on any atom is -0.455 e. The second-order valence-corrected chi connectivity index (χ2v) is 11.2. The van der Waals surface area contributed by atoms with Crippen LogP contribution in [-0.2, 0) is 28.7 Å². The zero-order valence-electron chi connectivity index (χ0n) is 24.7. The molecular weight excluding hydrogens is 538 g/mol. The van der Waals surface area contributed by atoms with Gasteiger partial charge in [-0.15, -0.1) is 0 Å². The lowest BCUT2D eigenvalue weighted by Crippen LogP contribution is -2.61. The Balaban J connectivity index is 1.53. The molecule has 0 spiro atoms. The van der Waals surface area contributed by atoms with Crippen LogP contribution in [0.3, 0.4) is 0 Å². The van der Waals surface area contributed by atoms with Crippen molar-refractivity contribution in [3.63, 3.8) is 0 Å². The van der Waals surface area contributed by atoms with E-state index in [0.717, 1.165) is 16.5 Å². The molecule has 1 aromatic heterocycles. The standard InChI is InChI=1S/C31H41N5O6/c1-19(2)28-29(38)32-20(3)30(39)36-15-7-9-25(35-36)31(40)42-21(4)24-13-12-23-11-10-22(18-26(23)33-24)8-5-6-16-41-17-14-27(37)34-28/h5,8,10-13,18-21,25,28,35H,6-7,9,14-17H2,1-4H3,(H,32,38)(H,34,37). The highest BCUT2D eigenvalue weighted by Gasteiger charge is 2.33. The monoisotopic (exact) mass is 579 g/mol. The van der Waals surface area contributed by atoms with E-state index in [2.05, 4.69) is 16.1 Å². The summed E-state index contributed by atoms with van der Waals surface area (Å²) in [5, 5.41) is 7.81. The number of nitrogens with zero attached hydrogens (tertiary/aromatic N) is 2. The van der Waals surface area contributed by atoms with Crippen molar-refractivity contribution in [2.75, 3.05) is 19.8 Å². The van der Waals surface area contributed by atoms with Crippen LogP contribution in [0.5, 0.6) is 0 Å². The number of aromatic nitrogens is 1. The number of esters is 1. The van der Waals surface area contributed by atoms with Crippen molar-refractivity contribution in [3.05, 3.63) is 47.7 Å². The molecule has 4 unspecified atom stereocenters. The molecule has 226 valence electrons. The molecular formula is C31H41N5O6. The number of carbonyl (C=O) groups excluding carboxylic acids is 4. The van der Waals surface area contributed by atoms with Gasteiger partial charge in [0.05, 0.1) is 24.4 Å². The van der Waals surface area contributed by atoms with Gasteiger partial charge in [0.2, 0.25) is 11.8 Å². The van der Waals surface area contributed by atoms with Crippen LogP contribution < -0.4 is 16.1 Å². The Morgan fingerprint density at radius 3 is 2.60 bits per heavy atom. The minimum absolute atomic E-state index is 0.112. The average Bonchev–Trinajstić information content (AvgIpc) is 2.97. The Kier molecular flexibility index (Phi) is 10.6. The van der Waals surface area contributed by atoms with Crippen molar-refractivity contribution >= 4 is 40.7 Å². The van der Waals surface area contributed by atoms with Crippen LogP contribution in [0.2, 0.25) is 0 Å². The third kappa shape index (κ3) is 8.13. The van der Waals surface area contributed by atoms with E-state index in [4.69, 9.17) is 14.5 Å². The second-order valence-electron chi connectivity index (χ2n) is 11.2. The van der Waals surface area contributed by atoms with Crippen molar-refractivity contribution in [1.82, 2.24) is 26.1 Å². The number of rotatable bonds is 1. The molecule has 2 aliphatic rings. The Morgan fingerprint density at radius 2 is 1.81 bits per heavy atom. The van der Waals surface area contributed by atoms with Gasteiger partial charge in [-0.2, -0.15) is 0 Å². The molecule has 1 fully saturated rings. The predicted molar refractivity (Wildman–Crippen MR) is 158 cm³/mol. The fourth-order valence-corrected chi connectivity index (χ4v) is 4.93. The molecule has 0 saturated carbocycles. The summed E-state index contributed by atoms with van der Waals surface area (Å²) in [4.78, 5) is 56.6. The minimum atomic E-state index is -0.880. The molecule has 11 nitrogen and oxygen atoms in total. The van der Waals surface area contributed by atoms with E-state index in [9.17, 15) is 19.2 Å². The third-order valence-electron chi connectivity index (χ3n) is 7.39. The van der Waals surface area contributed by atoms with Crippen LogP contribution in [0.4, 0.5) is 0 Å². The lowest BCUT2D eigenvalue weighted by molar-refractivity contribution is -0.157. The molecule has 11 heteroatoms. The molecule has 0 radical (unpaired) electrons. The van der Waals surface area contributed by atoms with Crippen molar-refractivity contribution in [3.8, 4) is 0 Å². The zero-order valence-corrected chi connectivity index (χ0v) is 24.7. The molecule has 42 heavy (non-hydrogen) atoms. The summed E-state index contributed by atoms with van der Waals surface area (Å²) in [6.07, 6.45) is 5.26. The lowest BCUT2D eigenvalue weighted by atomic mass is 10.0. The van der Waals surface area contributed by atoms with E-state index < -0.39 is 36.1 Å². The van der Waals surface area contributed by atoms with Crippen LogP contribution in [0.25, 0.3) is 17.0 Å². The molecule has 3 heterocycles. The first-order chi connectivity index (χ1) is 20.1. The van der Waals surface area contributed by atoms with E-state index in [-0.39, 0.29) is 30.8 Å². The van der Waals surface area contributed by atoms with Crippen molar-refractivity contribution in [2.24, 2.45) is 5.92 Å². The van der Waals surface area contributed by atoms with Gasteiger partial charge in [0.1, 0.15) is 24.2 Å². The fourth-order valence-electron chi connectivity index (χ4n) is 4.93. The normalized spacial score (nSPS) is 25.6. The number of carbonyl (C=O) groups is 4. The van der Waals surface area contributed by atoms with Crippen LogP contribution in [0.1, 0.15) is 70.7 Å². The smallest absolute Gasteiger partial charge is 0.325 e. The van der Waals surface area contributed by atoms with E-state index in [1.54, 1.807) is 13.8 Å². The quantitative estimate of drug-likeness (QED) is 0.439. The average molecular weight is 580 g/mol. The molecule has 3 N–H and O–H groups in total. The molecule has 4 rings (SSSR count).